The highest BCUT2D eigenvalue weighted by Gasteiger charge is 2.33. The van der Waals surface area contributed by atoms with Crippen LogP contribution in [0, 0.1) is 10.1 Å². The van der Waals surface area contributed by atoms with Crippen molar-refractivity contribution in [2.75, 3.05) is 33.0 Å². The number of nitrogens with zero attached hydrogens (tertiary/aromatic N) is 3. The Labute approximate surface area is 148 Å². The molecule has 9 heteroatoms. The molecule has 0 spiro atoms. The van der Waals surface area contributed by atoms with Crippen molar-refractivity contribution in [2.24, 2.45) is 0 Å². The average molecular weight is 365 g/mol. The fourth-order valence-electron chi connectivity index (χ4n) is 2.41. The molecule has 2 aliphatic heterocycles. The number of amides is 1. The van der Waals surface area contributed by atoms with Crippen LogP contribution in [0.25, 0.3) is 6.08 Å². The SMILES string of the molecule is O=C1C(=Cc2ccc([N+](=O)[O-])cc2)SC(=S)N1CN1CCOCC1. The van der Waals surface area contributed by atoms with Gasteiger partial charge in [-0.2, -0.15) is 0 Å². The standard InChI is InChI=1S/C15H15N3O4S2/c19-14-13(9-11-1-3-12(4-2-11)18(20)21)24-15(23)17(14)10-16-5-7-22-8-6-16/h1-4,9H,5-8,10H2. The Bertz CT molecular complexity index is 699. The molecular formula is C15H15N3O4S2. The van der Waals surface area contributed by atoms with E-state index in [1.807, 2.05) is 0 Å². The number of morpholine rings is 1. The third-order valence-corrected chi connectivity index (χ3v) is 5.10. The van der Waals surface area contributed by atoms with Crippen LogP contribution in [0.4, 0.5) is 5.69 Å². The Hall–Kier alpha value is -1.81. The average Bonchev–Trinajstić information content (AvgIpc) is 2.84. The van der Waals surface area contributed by atoms with Crippen LogP contribution in [0.15, 0.2) is 29.2 Å². The molecule has 24 heavy (non-hydrogen) atoms. The van der Waals surface area contributed by atoms with E-state index in [2.05, 4.69) is 4.90 Å². The monoisotopic (exact) mass is 365 g/mol. The molecule has 3 rings (SSSR count). The van der Waals surface area contributed by atoms with Gasteiger partial charge in [-0.3, -0.25) is 24.7 Å². The van der Waals surface area contributed by atoms with Crippen LogP contribution in [0.2, 0.25) is 0 Å². The Kier molecular flexibility index (Phi) is 5.24. The van der Waals surface area contributed by atoms with Crippen molar-refractivity contribution in [1.82, 2.24) is 9.80 Å². The topological polar surface area (TPSA) is 75.9 Å². The summed E-state index contributed by atoms with van der Waals surface area (Å²) in [7, 11) is 0. The molecule has 0 saturated carbocycles. The summed E-state index contributed by atoms with van der Waals surface area (Å²) >= 11 is 6.57. The molecule has 2 fully saturated rings. The molecule has 2 aliphatic rings. The zero-order valence-corrected chi connectivity index (χ0v) is 14.3. The van der Waals surface area contributed by atoms with Crippen molar-refractivity contribution in [3.8, 4) is 0 Å². The van der Waals surface area contributed by atoms with Crippen molar-refractivity contribution in [3.63, 3.8) is 0 Å². The number of carbonyl (C=O) groups excluding carboxylic acids is 1. The van der Waals surface area contributed by atoms with Gasteiger partial charge in [0, 0.05) is 25.2 Å². The summed E-state index contributed by atoms with van der Waals surface area (Å²) in [4.78, 5) is 27.0. The van der Waals surface area contributed by atoms with E-state index < -0.39 is 4.92 Å². The fourth-order valence-corrected chi connectivity index (χ4v) is 3.65. The number of hydrogen-bond acceptors (Lipinski definition) is 7. The van der Waals surface area contributed by atoms with Crippen LogP contribution in [0.1, 0.15) is 5.56 Å². The second kappa shape index (κ2) is 7.39. The number of rotatable bonds is 4. The van der Waals surface area contributed by atoms with Crippen LogP contribution in [0.5, 0.6) is 0 Å². The second-order valence-electron chi connectivity index (χ2n) is 5.33. The molecule has 1 amide bonds. The molecule has 2 saturated heterocycles. The van der Waals surface area contributed by atoms with Gasteiger partial charge in [-0.1, -0.05) is 24.0 Å². The molecule has 0 aromatic heterocycles. The lowest BCUT2D eigenvalue weighted by atomic mass is 10.2. The van der Waals surface area contributed by atoms with E-state index in [0.717, 1.165) is 18.7 Å². The molecule has 0 atom stereocenters. The lowest BCUT2D eigenvalue weighted by Gasteiger charge is -2.29. The number of ether oxygens (including phenoxy) is 1. The third-order valence-electron chi connectivity index (χ3n) is 3.72. The van der Waals surface area contributed by atoms with E-state index in [0.29, 0.717) is 29.1 Å². The van der Waals surface area contributed by atoms with Crippen LogP contribution >= 0.6 is 24.0 Å². The molecule has 0 N–H and O–H groups in total. The van der Waals surface area contributed by atoms with Crippen LogP contribution in [0.3, 0.4) is 0 Å². The second-order valence-corrected chi connectivity index (χ2v) is 7.01. The fraction of sp³-hybridized carbons (Fsp3) is 0.333. The summed E-state index contributed by atoms with van der Waals surface area (Å²) in [6.07, 6.45) is 1.71. The molecule has 0 unspecified atom stereocenters. The molecule has 0 bridgehead atoms. The number of thioether (sulfide) groups is 1. The first-order valence-corrected chi connectivity index (χ1v) is 8.57. The van der Waals surface area contributed by atoms with Gasteiger partial charge in [-0.05, 0) is 23.8 Å². The summed E-state index contributed by atoms with van der Waals surface area (Å²) in [5, 5.41) is 10.7. The lowest BCUT2D eigenvalue weighted by molar-refractivity contribution is -0.384. The minimum atomic E-state index is -0.453. The molecule has 1 aromatic carbocycles. The highest BCUT2D eigenvalue weighted by atomic mass is 32.2. The maximum atomic E-state index is 12.6. The molecule has 2 heterocycles. The number of carbonyl (C=O) groups is 1. The summed E-state index contributed by atoms with van der Waals surface area (Å²) in [6.45, 7) is 3.34. The molecular weight excluding hydrogens is 350 g/mol. The molecule has 7 nitrogen and oxygen atoms in total. The summed E-state index contributed by atoms with van der Waals surface area (Å²) in [5.41, 5.74) is 0.750. The molecule has 126 valence electrons. The molecule has 0 radical (unpaired) electrons. The normalized spacial score (nSPS) is 20.8. The smallest absolute Gasteiger partial charge is 0.269 e. The van der Waals surface area contributed by atoms with E-state index in [1.165, 1.54) is 23.9 Å². The first kappa shape index (κ1) is 17.0. The van der Waals surface area contributed by atoms with Gasteiger partial charge in [0.2, 0.25) is 0 Å². The van der Waals surface area contributed by atoms with E-state index in [1.54, 1.807) is 23.1 Å². The minimum absolute atomic E-state index is 0.0204. The maximum Gasteiger partial charge on any atom is 0.269 e. The Morgan fingerprint density at radius 3 is 2.58 bits per heavy atom. The predicted molar refractivity (Wildman–Crippen MR) is 95.4 cm³/mol. The first-order valence-electron chi connectivity index (χ1n) is 7.34. The largest absolute Gasteiger partial charge is 0.379 e. The van der Waals surface area contributed by atoms with E-state index in [9.17, 15) is 14.9 Å². The number of thiocarbonyl (C=S) groups is 1. The van der Waals surface area contributed by atoms with Crippen LogP contribution < -0.4 is 0 Å². The van der Waals surface area contributed by atoms with E-state index in [4.69, 9.17) is 17.0 Å². The summed E-state index contributed by atoms with van der Waals surface area (Å²) < 4.78 is 5.83. The zero-order valence-electron chi connectivity index (χ0n) is 12.7. The van der Waals surface area contributed by atoms with Crippen molar-refractivity contribution < 1.29 is 14.5 Å². The first-order chi connectivity index (χ1) is 11.5. The number of benzene rings is 1. The van der Waals surface area contributed by atoms with Gasteiger partial charge in [0.15, 0.2) is 0 Å². The Balaban J connectivity index is 1.71. The molecule has 1 aromatic rings. The highest BCUT2D eigenvalue weighted by Crippen LogP contribution is 2.32. The Morgan fingerprint density at radius 2 is 1.96 bits per heavy atom. The number of nitro groups is 1. The number of non-ortho nitro benzene ring substituents is 1. The van der Waals surface area contributed by atoms with Gasteiger partial charge in [0.1, 0.15) is 4.32 Å². The number of hydrogen-bond donors (Lipinski definition) is 0. The maximum absolute atomic E-state index is 12.6. The van der Waals surface area contributed by atoms with Gasteiger partial charge in [-0.15, -0.1) is 0 Å². The summed E-state index contributed by atoms with van der Waals surface area (Å²) in [5.74, 6) is -0.130. The quantitative estimate of drug-likeness (QED) is 0.350. The van der Waals surface area contributed by atoms with E-state index in [-0.39, 0.29) is 11.6 Å². The highest BCUT2D eigenvalue weighted by molar-refractivity contribution is 8.26. The minimum Gasteiger partial charge on any atom is -0.379 e. The van der Waals surface area contributed by atoms with Crippen LogP contribution in [-0.2, 0) is 9.53 Å². The van der Waals surface area contributed by atoms with Gasteiger partial charge in [0.05, 0.1) is 29.7 Å². The number of nitro benzene ring substituents is 1. The third kappa shape index (κ3) is 3.81. The zero-order chi connectivity index (χ0) is 17.1. The molecule has 0 aliphatic carbocycles. The van der Waals surface area contributed by atoms with Crippen molar-refractivity contribution in [2.45, 2.75) is 0 Å². The van der Waals surface area contributed by atoms with Crippen molar-refractivity contribution in [1.29, 1.82) is 0 Å². The van der Waals surface area contributed by atoms with Crippen LogP contribution in [-0.4, -0.2) is 57.9 Å². The Morgan fingerprint density at radius 1 is 1.29 bits per heavy atom. The van der Waals surface area contributed by atoms with Gasteiger partial charge >= 0.3 is 0 Å². The van der Waals surface area contributed by atoms with Gasteiger partial charge in [-0.25, -0.2) is 0 Å². The van der Waals surface area contributed by atoms with Gasteiger partial charge in [0.25, 0.3) is 11.6 Å². The predicted octanol–water partition coefficient (Wildman–Crippen LogP) is 2.09. The summed E-state index contributed by atoms with van der Waals surface area (Å²) in [6, 6.07) is 6.07. The lowest BCUT2D eigenvalue weighted by Crippen LogP contribution is -2.45. The van der Waals surface area contributed by atoms with Gasteiger partial charge < -0.3 is 4.74 Å². The van der Waals surface area contributed by atoms with E-state index >= 15 is 0 Å². The van der Waals surface area contributed by atoms with Crippen molar-refractivity contribution >= 4 is 46.0 Å². The van der Waals surface area contributed by atoms with Crippen molar-refractivity contribution in [3.05, 3.63) is 44.8 Å².